The molecule has 0 aliphatic rings. The van der Waals surface area contributed by atoms with Crippen LogP contribution in [0.5, 0.6) is 11.5 Å². The van der Waals surface area contributed by atoms with Crippen molar-refractivity contribution in [2.75, 3.05) is 39.6 Å². The average molecular weight is 802 g/mol. The third-order valence-electron chi connectivity index (χ3n) is 9.17. The molecule has 0 N–H and O–H groups in total. The zero-order valence-electron chi connectivity index (χ0n) is 32.9. The molecule has 296 valence electrons. The first-order valence-electron chi connectivity index (χ1n) is 20.4. The van der Waals surface area contributed by atoms with Gasteiger partial charge >= 0.3 is 11.9 Å². The fourth-order valence-corrected chi connectivity index (χ4v) is 6.55. The molecule has 8 nitrogen and oxygen atoms in total. The Morgan fingerprint density at radius 1 is 0.528 bits per heavy atom. The number of hydrogen-bond donors (Lipinski definition) is 0. The van der Waals surface area contributed by atoms with E-state index in [4.69, 9.17) is 28.4 Å². The highest BCUT2D eigenvalue weighted by atomic mass is 79.9. The van der Waals surface area contributed by atoms with Gasteiger partial charge in [-0.25, -0.2) is 0 Å². The van der Waals surface area contributed by atoms with Crippen molar-refractivity contribution in [3.05, 3.63) is 46.9 Å². The van der Waals surface area contributed by atoms with Crippen LogP contribution in [0.4, 0.5) is 0 Å². The van der Waals surface area contributed by atoms with Gasteiger partial charge in [0.25, 0.3) is 0 Å². The van der Waals surface area contributed by atoms with E-state index in [1.54, 1.807) is 0 Å². The average Bonchev–Trinajstić information content (AvgIpc) is 3.15. The summed E-state index contributed by atoms with van der Waals surface area (Å²) in [5, 5.41) is 3.44. The second-order valence-corrected chi connectivity index (χ2v) is 14.8. The van der Waals surface area contributed by atoms with Crippen molar-refractivity contribution in [2.24, 2.45) is 0 Å². The molecule has 0 aliphatic carbocycles. The van der Waals surface area contributed by atoms with E-state index < -0.39 is 12.2 Å². The highest BCUT2D eigenvalue weighted by Crippen LogP contribution is 2.44. The Labute approximate surface area is 327 Å². The lowest BCUT2D eigenvalue weighted by molar-refractivity contribution is -0.155. The summed E-state index contributed by atoms with van der Waals surface area (Å²) in [7, 11) is 0. The van der Waals surface area contributed by atoms with E-state index in [1.807, 2.05) is 42.5 Å². The lowest BCUT2D eigenvalue weighted by Gasteiger charge is -2.23. The van der Waals surface area contributed by atoms with Crippen LogP contribution in [0.2, 0.25) is 0 Å². The molecule has 3 aromatic rings. The molecular formula is C44H65BrO8. The number of rotatable bonds is 30. The maximum absolute atomic E-state index is 12.8. The van der Waals surface area contributed by atoms with Gasteiger partial charge in [-0.3, -0.25) is 9.59 Å². The summed E-state index contributed by atoms with van der Waals surface area (Å²) >= 11 is 3.66. The van der Waals surface area contributed by atoms with Crippen molar-refractivity contribution >= 4 is 49.4 Å². The summed E-state index contributed by atoms with van der Waals surface area (Å²) in [5.41, 5.74) is 0. The molecule has 0 fully saturated rings. The standard InChI is InChI=1S/C44H65BrO8/c1-5-9-13-19-27-48-30-35(52-41(46)23-15-11-7-3)32-50-43-37-21-17-18-22-38(37)44(40-29-34(45)25-26-39(40)43)51-33-36(31-49-28-20-14-10-6-2)53-42(47)24-16-12-8-4/h17-18,21-22,25-26,29,35-36H,5-16,19-20,23-24,27-28,30-33H2,1-4H3. The van der Waals surface area contributed by atoms with Crippen LogP contribution in [0.1, 0.15) is 130 Å². The first kappa shape index (κ1) is 44.5. The lowest BCUT2D eigenvalue weighted by atomic mass is 10.0. The Morgan fingerprint density at radius 3 is 1.43 bits per heavy atom. The predicted octanol–water partition coefficient (Wildman–Crippen LogP) is 11.7. The van der Waals surface area contributed by atoms with Gasteiger partial charge < -0.3 is 28.4 Å². The first-order chi connectivity index (χ1) is 25.9. The minimum absolute atomic E-state index is 0.145. The summed E-state index contributed by atoms with van der Waals surface area (Å²) in [6.07, 6.45) is 14.2. The van der Waals surface area contributed by atoms with E-state index in [0.717, 1.165) is 103 Å². The topological polar surface area (TPSA) is 89.5 Å². The Balaban J connectivity index is 1.86. The number of halogens is 1. The van der Waals surface area contributed by atoms with Crippen LogP contribution in [-0.2, 0) is 28.5 Å². The molecule has 3 rings (SSSR count). The van der Waals surface area contributed by atoms with Crippen molar-refractivity contribution in [3.8, 4) is 11.5 Å². The van der Waals surface area contributed by atoms with E-state index >= 15 is 0 Å². The molecule has 0 amide bonds. The van der Waals surface area contributed by atoms with Gasteiger partial charge in [0.15, 0.2) is 12.2 Å². The number of ether oxygens (including phenoxy) is 6. The largest absolute Gasteiger partial charge is 0.488 e. The molecule has 0 saturated carbocycles. The molecule has 0 saturated heterocycles. The lowest BCUT2D eigenvalue weighted by Crippen LogP contribution is -2.30. The number of carbonyl (C=O) groups excluding carboxylic acids is 2. The zero-order chi connectivity index (χ0) is 38.1. The van der Waals surface area contributed by atoms with E-state index in [0.29, 0.717) is 37.6 Å². The molecule has 53 heavy (non-hydrogen) atoms. The van der Waals surface area contributed by atoms with Gasteiger partial charge in [-0.1, -0.05) is 132 Å². The summed E-state index contributed by atoms with van der Waals surface area (Å²) in [4.78, 5) is 25.6. The second-order valence-electron chi connectivity index (χ2n) is 13.9. The number of hydrogen-bond acceptors (Lipinski definition) is 8. The molecule has 0 radical (unpaired) electrons. The third kappa shape index (κ3) is 16.6. The van der Waals surface area contributed by atoms with Gasteiger partial charge in [0.2, 0.25) is 0 Å². The van der Waals surface area contributed by atoms with E-state index in [2.05, 4.69) is 43.6 Å². The fourth-order valence-electron chi connectivity index (χ4n) is 6.19. The summed E-state index contributed by atoms with van der Waals surface area (Å²) in [6.45, 7) is 10.7. The third-order valence-corrected chi connectivity index (χ3v) is 9.66. The van der Waals surface area contributed by atoms with Crippen molar-refractivity contribution < 1.29 is 38.0 Å². The normalized spacial score (nSPS) is 12.5. The van der Waals surface area contributed by atoms with Crippen LogP contribution < -0.4 is 9.47 Å². The molecule has 0 spiro atoms. The number of fused-ring (bicyclic) bond motifs is 2. The number of benzene rings is 3. The SMILES string of the molecule is CCCCCCOCC(COc1c2ccccc2c(OCC(COCCCCCC)OC(=O)CCCCC)c2cc(Br)ccc12)OC(=O)CCCCC. The predicted molar refractivity (Wildman–Crippen MR) is 218 cm³/mol. The summed E-state index contributed by atoms with van der Waals surface area (Å²) < 4.78 is 38.0. The maximum atomic E-state index is 12.8. The minimum Gasteiger partial charge on any atom is -0.488 e. The van der Waals surface area contributed by atoms with Gasteiger partial charge in [-0.2, -0.15) is 0 Å². The smallest absolute Gasteiger partial charge is 0.306 e. The number of unbranched alkanes of at least 4 members (excludes halogenated alkanes) is 10. The van der Waals surface area contributed by atoms with Crippen LogP contribution in [0.25, 0.3) is 21.5 Å². The van der Waals surface area contributed by atoms with Crippen molar-refractivity contribution in [1.29, 1.82) is 0 Å². The van der Waals surface area contributed by atoms with E-state index in [-0.39, 0.29) is 38.4 Å². The first-order valence-corrected chi connectivity index (χ1v) is 21.1. The maximum Gasteiger partial charge on any atom is 0.306 e. The molecule has 2 unspecified atom stereocenters. The number of carbonyl (C=O) groups is 2. The molecule has 3 aromatic carbocycles. The van der Waals surface area contributed by atoms with Crippen LogP contribution in [-0.4, -0.2) is 63.8 Å². The molecule has 0 bridgehead atoms. The molecular weight excluding hydrogens is 736 g/mol. The highest BCUT2D eigenvalue weighted by Gasteiger charge is 2.22. The zero-order valence-corrected chi connectivity index (χ0v) is 34.5. The van der Waals surface area contributed by atoms with Gasteiger partial charge in [0.1, 0.15) is 24.7 Å². The molecule has 2 atom stereocenters. The van der Waals surface area contributed by atoms with Crippen LogP contribution in [0, 0.1) is 0 Å². The minimum atomic E-state index is -0.554. The van der Waals surface area contributed by atoms with Gasteiger partial charge in [-0.15, -0.1) is 0 Å². The Hall–Kier alpha value is -2.88. The van der Waals surface area contributed by atoms with Gasteiger partial charge in [-0.05, 0) is 43.9 Å². The van der Waals surface area contributed by atoms with Crippen molar-refractivity contribution in [2.45, 2.75) is 143 Å². The summed E-state index contributed by atoms with van der Waals surface area (Å²) in [5.74, 6) is 0.899. The molecule has 0 aromatic heterocycles. The highest BCUT2D eigenvalue weighted by molar-refractivity contribution is 9.10. The van der Waals surface area contributed by atoms with E-state index in [1.165, 1.54) is 12.8 Å². The summed E-state index contributed by atoms with van der Waals surface area (Å²) in [6, 6.07) is 14.0. The van der Waals surface area contributed by atoms with Crippen LogP contribution in [0.3, 0.4) is 0 Å². The molecule has 9 heteroatoms. The van der Waals surface area contributed by atoms with Gasteiger partial charge in [0, 0.05) is 52.1 Å². The van der Waals surface area contributed by atoms with Crippen LogP contribution in [0.15, 0.2) is 46.9 Å². The Morgan fingerprint density at radius 2 is 0.962 bits per heavy atom. The molecule has 0 aliphatic heterocycles. The van der Waals surface area contributed by atoms with Crippen molar-refractivity contribution in [1.82, 2.24) is 0 Å². The number of esters is 2. The second kappa shape index (κ2) is 26.8. The Bertz CT molecular complexity index is 1480. The Kier molecular flexibility index (Phi) is 22.5. The van der Waals surface area contributed by atoms with Crippen LogP contribution >= 0.6 is 15.9 Å². The quantitative estimate of drug-likeness (QED) is 0.0374. The fraction of sp³-hybridized carbons (Fsp3) is 0.636. The van der Waals surface area contributed by atoms with E-state index in [9.17, 15) is 9.59 Å². The molecule has 0 heterocycles. The van der Waals surface area contributed by atoms with Crippen molar-refractivity contribution in [3.63, 3.8) is 0 Å². The van der Waals surface area contributed by atoms with Gasteiger partial charge in [0.05, 0.1) is 13.2 Å². The monoisotopic (exact) mass is 800 g/mol.